The number of hydrogen-bond acceptors (Lipinski definition) is 6. The average molecular weight is 433 g/mol. The molecule has 0 radical (unpaired) electrons. The second-order valence-electron chi connectivity index (χ2n) is 6.29. The summed E-state index contributed by atoms with van der Waals surface area (Å²) in [4.78, 5) is 11.3. The molecule has 2 rings (SSSR count). The van der Waals surface area contributed by atoms with E-state index in [-0.39, 0.29) is 18.2 Å². The number of carbonyl (C=O) groups excluding carboxylic acids is 1. The number of alkyl halides is 6. The van der Waals surface area contributed by atoms with Crippen molar-refractivity contribution in [3.63, 3.8) is 0 Å². The number of hydrogen-bond donors (Lipinski definition) is 4. The van der Waals surface area contributed by atoms with Gasteiger partial charge in [-0.2, -0.15) is 26.3 Å². The van der Waals surface area contributed by atoms with Gasteiger partial charge in [0.15, 0.2) is 0 Å². The van der Waals surface area contributed by atoms with Gasteiger partial charge in [0.25, 0.3) is 0 Å². The molecule has 1 aromatic carbocycles. The molecule has 0 aliphatic carbocycles. The molecule has 29 heavy (non-hydrogen) atoms. The molecule has 1 aliphatic rings. The van der Waals surface area contributed by atoms with Crippen LogP contribution in [0.5, 0.6) is 5.75 Å². The Hall–Kier alpha value is -2.09. The minimum atomic E-state index is -5.12. The normalized spacial score (nSPS) is 28.1. The van der Waals surface area contributed by atoms with Gasteiger partial charge in [-0.25, -0.2) is 0 Å². The lowest BCUT2D eigenvalue weighted by molar-refractivity contribution is -0.244. The SMILES string of the molecule is CC(=O)N[C@H]1[C@@H](Oc2cc(C(F)(F)F)cc(C(F)(F)F)c2)O[C@@H](CO)[C@H](O)[C@H]1O. The summed E-state index contributed by atoms with van der Waals surface area (Å²) in [5, 5.41) is 31.3. The summed E-state index contributed by atoms with van der Waals surface area (Å²) in [6, 6.07) is -1.08. The summed E-state index contributed by atoms with van der Waals surface area (Å²) >= 11 is 0. The second-order valence-corrected chi connectivity index (χ2v) is 6.29. The van der Waals surface area contributed by atoms with Crippen LogP contribution in [0.2, 0.25) is 0 Å². The lowest BCUT2D eigenvalue weighted by Gasteiger charge is -2.42. The molecule has 1 amide bonds. The average Bonchev–Trinajstić information content (AvgIpc) is 2.59. The Morgan fingerprint density at radius 2 is 1.59 bits per heavy atom. The zero-order valence-corrected chi connectivity index (χ0v) is 14.7. The Labute approximate surface area is 159 Å². The van der Waals surface area contributed by atoms with E-state index < -0.39 is 72.4 Å². The van der Waals surface area contributed by atoms with Gasteiger partial charge in [0, 0.05) is 6.92 Å². The predicted octanol–water partition coefficient (Wildman–Crippen LogP) is 1.05. The number of nitrogens with one attached hydrogen (secondary N) is 1. The first-order valence-electron chi connectivity index (χ1n) is 8.09. The number of aliphatic hydroxyl groups is 3. The first kappa shape index (κ1) is 23.2. The van der Waals surface area contributed by atoms with Crippen LogP contribution in [0.3, 0.4) is 0 Å². The lowest BCUT2D eigenvalue weighted by Crippen LogP contribution is -2.65. The van der Waals surface area contributed by atoms with Crippen LogP contribution in [0, 0.1) is 0 Å². The molecule has 1 heterocycles. The fourth-order valence-corrected chi connectivity index (χ4v) is 2.70. The monoisotopic (exact) mass is 433 g/mol. The third-order valence-electron chi connectivity index (χ3n) is 4.06. The van der Waals surface area contributed by atoms with Crippen molar-refractivity contribution in [1.82, 2.24) is 5.32 Å². The van der Waals surface area contributed by atoms with Crippen molar-refractivity contribution in [2.75, 3.05) is 6.61 Å². The molecule has 0 unspecified atom stereocenters. The maximum Gasteiger partial charge on any atom is 0.416 e. The van der Waals surface area contributed by atoms with Crippen molar-refractivity contribution in [2.45, 2.75) is 49.9 Å². The maximum absolute atomic E-state index is 13.0. The lowest BCUT2D eigenvalue weighted by atomic mass is 9.97. The van der Waals surface area contributed by atoms with Crippen LogP contribution in [0.15, 0.2) is 18.2 Å². The first-order valence-corrected chi connectivity index (χ1v) is 8.09. The third-order valence-corrected chi connectivity index (χ3v) is 4.06. The van der Waals surface area contributed by atoms with Gasteiger partial charge in [0.2, 0.25) is 12.2 Å². The Morgan fingerprint density at radius 1 is 1.07 bits per heavy atom. The van der Waals surface area contributed by atoms with Gasteiger partial charge in [0.05, 0.1) is 17.7 Å². The highest BCUT2D eigenvalue weighted by Crippen LogP contribution is 2.39. The molecule has 13 heteroatoms. The number of benzene rings is 1. The number of rotatable bonds is 4. The molecule has 1 fully saturated rings. The number of halogens is 6. The highest BCUT2D eigenvalue weighted by Gasteiger charge is 2.46. The van der Waals surface area contributed by atoms with Gasteiger partial charge in [-0.05, 0) is 18.2 Å². The van der Waals surface area contributed by atoms with Crippen LogP contribution in [-0.2, 0) is 21.9 Å². The molecule has 4 N–H and O–H groups in total. The molecule has 164 valence electrons. The van der Waals surface area contributed by atoms with E-state index in [0.717, 1.165) is 6.92 Å². The highest BCUT2D eigenvalue weighted by molar-refractivity contribution is 5.73. The zero-order valence-electron chi connectivity index (χ0n) is 14.7. The van der Waals surface area contributed by atoms with Gasteiger partial charge >= 0.3 is 12.4 Å². The van der Waals surface area contributed by atoms with Crippen molar-refractivity contribution in [1.29, 1.82) is 0 Å². The van der Waals surface area contributed by atoms with E-state index in [4.69, 9.17) is 9.47 Å². The van der Waals surface area contributed by atoms with E-state index in [9.17, 15) is 46.5 Å². The Bertz CT molecular complexity index is 707. The zero-order chi connectivity index (χ0) is 22.1. The van der Waals surface area contributed by atoms with Crippen molar-refractivity contribution in [2.24, 2.45) is 0 Å². The quantitative estimate of drug-likeness (QED) is 0.529. The van der Waals surface area contributed by atoms with Gasteiger partial charge in [-0.15, -0.1) is 0 Å². The molecule has 0 aromatic heterocycles. The summed E-state index contributed by atoms with van der Waals surface area (Å²) in [6.45, 7) is 0.168. The van der Waals surface area contributed by atoms with Crippen LogP contribution in [0.4, 0.5) is 26.3 Å². The van der Waals surface area contributed by atoms with E-state index in [1.165, 1.54) is 0 Å². The van der Waals surface area contributed by atoms with E-state index in [0.29, 0.717) is 0 Å². The molecular formula is C16H17F6NO6. The standard InChI is InChI=1S/C16H17F6NO6/c1-6(25)23-11-13(27)12(26)10(5-24)29-14(11)28-9-3-7(15(17,18)19)2-8(4-9)16(20,21)22/h2-4,10-14,24,26-27H,5H2,1H3,(H,23,25)/t10-,11+,12-,13-,14-/m0/s1. The molecule has 1 aliphatic heterocycles. The summed E-state index contributed by atoms with van der Waals surface area (Å²) in [6.07, 6.45) is -17.0. The third kappa shape index (κ3) is 5.50. The number of aliphatic hydroxyl groups excluding tert-OH is 3. The molecule has 0 saturated carbocycles. The number of amides is 1. The van der Waals surface area contributed by atoms with Crippen molar-refractivity contribution in [3.8, 4) is 5.75 Å². The summed E-state index contributed by atoms with van der Waals surface area (Å²) in [5.74, 6) is -1.66. The van der Waals surface area contributed by atoms with Crippen molar-refractivity contribution >= 4 is 5.91 Å². The Balaban J connectivity index is 2.43. The van der Waals surface area contributed by atoms with Crippen LogP contribution < -0.4 is 10.1 Å². The Morgan fingerprint density at radius 3 is 2.00 bits per heavy atom. The largest absolute Gasteiger partial charge is 0.463 e. The number of carbonyl (C=O) groups is 1. The van der Waals surface area contributed by atoms with Gasteiger partial charge in [0.1, 0.15) is 30.1 Å². The fraction of sp³-hybridized carbons (Fsp3) is 0.562. The van der Waals surface area contributed by atoms with Gasteiger partial charge in [-0.1, -0.05) is 0 Å². The van der Waals surface area contributed by atoms with Crippen LogP contribution in [0.25, 0.3) is 0 Å². The molecular weight excluding hydrogens is 416 g/mol. The number of ether oxygens (including phenoxy) is 2. The van der Waals surface area contributed by atoms with Crippen molar-refractivity contribution in [3.05, 3.63) is 29.3 Å². The maximum atomic E-state index is 13.0. The molecule has 7 nitrogen and oxygen atoms in total. The molecule has 1 saturated heterocycles. The van der Waals surface area contributed by atoms with Crippen LogP contribution >= 0.6 is 0 Å². The first-order chi connectivity index (χ1) is 13.2. The second kappa shape index (κ2) is 8.34. The van der Waals surface area contributed by atoms with E-state index in [1.54, 1.807) is 0 Å². The topological polar surface area (TPSA) is 108 Å². The smallest absolute Gasteiger partial charge is 0.416 e. The minimum Gasteiger partial charge on any atom is -0.463 e. The predicted molar refractivity (Wildman–Crippen MR) is 82.4 cm³/mol. The summed E-state index contributed by atoms with van der Waals surface area (Å²) in [7, 11) is 0. The Kier molecular flexibility index (Phi) is 6.67. The van der Waals surface area contributed by atoms with Crippen LogP contribution in [-0.4, -0.2) is 58.5 Å². The van der Waals surface area contributed by atoms with Gasteiger partial charge < -0.3 is 30.1 Å². The molecule has 5 atom stereocenters. The molecule has 0 spiro atoms. The highest BCUT2D eigenvalue weighted by atomic mass is 19.4. The molecule has 0 bridgehead atoms. The van der Waals surface area contributed by atoms with Crippen LogP contribution in [0.1, 0.15) is 18.1 Å². The minimum absolute atomic E-state index is 0.102. The van der Waals surface area contributed by atoms with E-state index >= 15 is 0 Å². The fourth-order valence-electron chi connectivity index (χ4n) is 2.70. The summed E-state index contributed by atoms with van der Waals surface area (Å²) < 4.78 is 88.1. The van der Waals surface area contributed by atoms with Gasteiger partial charge in [-0.3, -0.25) is 4.79 Å². The van der Waals surface area contributed by atoms with Crippen molar-refractivity contribution < 1.29 is 55.9 Å². The summed E-state index contributed by atoms with van der Waals surface area (Å²) in [5.41, 5.74) is -3.29. The molecule has 1 aromatic rings. The van der Waals surface area contributed by atoms with E-state index in [1.807, 2.05) is 0 Å². The van der Waals surface area contributed by atoms with E-state index in [2.05, 4.69) is 5.32 Å².